The van der Waals surface area contributed by atoms with Crippen LogP contribution in [0.15, 0.2) is 65.3 Å². The van der Waals surface area contributed by atoms with E-state index < -0.39 is 12.1 Å². The molecule has 0 saturated heterocycles. The van der Waals surface area contributed by atoms with E-state index >= 15 is 0 Å². The van der Waals surface area contributed by atoms with E-state index in [1.165, 1.54) is 24.8 Å². The molecule has 5 rings (SSSR count). The van der Waals surface area contributed by atoms with Gasteiger partial charge in [-0.1, -0.05) is 35.4 Å². The van der Waals surface area contributed by atoms with Gasteiger partial charge in [-0.3, -0.25) is 15.2 Å². The van der Waals surface area contributed by atoms with Crippen LogP contribution in [0.25, 0.3) is 21.5 Å². The van der Waals surface area contributed by atoms with Gasteiger partial charge in [-0.2, -0.15) is 0 Å². The maximum absolute atomic E-state index is 13.9. The van der Waals surface area contributed by atoms with Crippen molar-refractivity contribution in [2.24, 2.45) is 0 Å². The minimum absolute atomic E-state index is 0.0318. The second kappa shape index (κ2) is 12.0. The van der Waals surface area contributed by atoms with Crippen molar-refractivity contribution in [3.63, 3.8) is 0 Å². The summed E-state index contributed by atoms with van der Waals surface area (Å²) in [5.41, 5.74) is 2.85. The lowest BCUT2D eigenvalue weighted by Crippen LogP contribution is -2.19. The number of carbonyl (C=O) groups excluding carboxylic acids is 2. The minimum atomic E-state index is -0.715. The Bertz CT molecular complexity index is 1600. The van der Waals surface area contributed by atoms with E-state index in [2.05, 4.69) is 19.1 Å². The molecular formula is C32H33NO8. The van der Waals surface area contributed by atoms with Crippen LogP contribution in [-0.4, -0.2) is 42.7 Å². The van der Waals surface area contributed by atoms with Gasteiger partial charge >= 0.3 is 5.97 Å². The highest BCUT2D eigenvalue weighted by atomic mass is 16.8. The van der Waals surface area contributed by atoms with Gasteiger partial charge in [0, 0.05) is 22.6 Å². The van der Waals surface area contributed by atoms with Crippen LogP contribution in [0.3, 0.4) is 0 Å². The number of allylic oxidation sites excluding steroid dienone is 4. The fourth-order valence-corrected chi connectivity index (χ4v) is 5.47. The number of hydrogen-bond acceptors (Lipinski definition) is 9. The highest BCUT2D eigenvalue weighted by Gasteiger charge is 2.29. The molecule has 1 aliphatic heterocycles. The van der Waals surface area contributed by atoms with Crippen molar-refractivity contribution in [3.05, 3.63) is 70.8 Å². The van der Waals surface area contributed by atoms with Crippen LogP contribution >= 0.6 is 0 Å². The predicted octanol–water partition coefficient (Wildman–Crippen LogP) is 6.82. The number of rotatable bonds is 5. The highest BCUT2D eigenvalue weighted by Crippen LogP contribution is 2.49. The predicted molar refractivity (Wildman–Crippen MR) is 154 cm³/mol. The molecule has 0 unspecified atom stereocenters. The average molecular weight is 560 g/mol. The molecule has 0 bridgehead atoms. The van der Waals surface area contributed by atoms with Gasteiger partial charge in [0.25, 0.3) is 0 Å². The van der Waals surface area contributed by atoms with Crippen LogP contribution in [0.1, 0.15) is 56.3 Å². The molecule has 41 heavy (non-hydrogen) atoms. The van der Waals surface area contributed by atoms with Gasteiger partial charge in [-0.25, -0.2) is 4.79 Å². The van der Waals surface area contributed by atoms with Gasteiger partial charge in [0.15, 0.2) is 11.5 Å². The van der Waals surface area contributed by atoms with Crippen molar-refractivity contribution >= 4 is 39.5 Å². The van der Waals surface area contributed by atoms with E-state index in [0.29, 0.717) is 51.8 Å². The molecule has 9 nitrogen and oxygen atoms in total. The molecule has 2 aliphatic rings. The first-order chi connectivity index (χ1) is 19.8. The Labute approximate surface area is 237 Å². The van der Waals surface area contributed by atoms with Crippen molar-refractivity contribution in [1.29, 1.82) is 0 Å². The maximum atomic E-state index is 13.9. The smallest absolute Gasteiger partial charge is 0.339 e. The number of benzene rings is 3. The molecule has 0 radical (unpaired) electrons. The zero-order valence-corrected chi connectivity index (χ0v) is 23.3. The molecule has 0 aromatic heterocycles. The molecule has 214 valence electrons. The van der Waals surface area contributed by atoms with Crippen molar-refractivity contribution in [3.8, 4) is 17.2 Å². The van der Waals surface area contributed by atoms with Crippen LogP contribution in [-0.2, 0) is 9.53 Å². The molecule has 0 fully saturated rings. The fraction of sp³-hybridized carbons (Fsp3) is 0.312. The van der Waals surface area contributed by atoms with Crippen LogP contribution in [0.5, 0.6) is 17.2 Å². The summed E-state index contributed by atoms with van der Waals surface area (Å²) < 4.78 is 23.0. The number of hydrogen-bond donors (Lipinski definition) is 2. The summed E-state index contributed by atoms with van der Waals surface area (Å²) >= 11 is 0. The van der Waals surface area contributed by atoms with Gasteiger partial charge in [-0.05, 0) is 74.8 Å². The molecular weight excluding hydrogens is 526 g/mol. The molecule has 0 amide bonds. The summed E-state index contributed by atoms with van der Waals surface area (Å²) in [6, 6.07) is 8.39. The Hall–Kier alpha value is -4.34. The Kier molecular flexibility index (Phi) is 8.28. The summed E-state index contributed by atoms with van der Waals surface area (Å²) in [7, 11) is 1.52. The first-order valence-electron chi connectivity index (χ1n) is 13.5. The third kappa shape index (κ3) is 5.77. The van der Waals surface area contributed by atoms with E-state index in [1.54, 1.807) is 18.2 Å². The number of fused-ring (bicyclic) bond motifs is 5. The zero-order chi connectivity index (χ0) is 29.1. The molecule has 1 atom stereocenters. The fourth-order valence-electron chi connectivity index (χ4n) is 5.47. The first kappa shape index (κ1) is 28.2. The van der Waals surface area contributed by atoms with Crippen LogP contribution in [0, 0.1) is 0 Å². The maximum Gasteiger partial charge on any atom is 0.339 e. The molecule has 9 heteroatoms. The van der Waals surface area contributed by atoms with Crippen molar-refractivity contribution in [2.75, 3.05) is 19.1 Å². The number of anilines is 1. The summed E-state index contributed by atoms with van der Waals surface area (Å²) in [5.74, 6) is 0.491. The standard InChI is InChI=1S/C32H33NO8/c1-19-7-4-9-20(2)13-22(14-21(17-34)10-5-8-19)41-32(35)25-16-28-31(40-18-39-28)30-23-11-6-12-27(38-3)24(23)15-26(29(25)30)33(36)37/h6,8-9,11-12,14-17,22,36-37H,4-5,7,10,13,18H2,1-3H3/b19-8+,20-9+,21-14+/t22-/m1/s1. The Morgan fingerprint density at radius 3 is 2.56 bits per heavy atom. The number of carbonyl (C=O) groups is 2. The third-order valence-electron chi connectivity index (χ3n) is 7.48. The monoisotopic (exact) mass is 559 g/mol. The topological polar surface area (TPSA) is 115 Å². The van der Waals surface area contributed by atoms with Gasteiger partial charge < -0.3 is 18.9 Å². The van der Waals surface area contributed by atoms with E-state index in [1.807, 2.05) is 13.0 Å². The third-order valence-corrected chi connectivity index (χ3v) is 7.48. The molecule has 3 aromatic rings. The number of esters is 1. The van der Waals surface area contributed by atoms with E-state index in [0.717, 1.165) is 31.1 Å². The highest BCUT2D eigenvalue weighted by molar-refractivity contribution is 6.23. The van der Waals surface area contributed by atoms with Gasteiger partial charge in [0.1, 0.15) is 23.8 Å². The number of aldehydes is 1. The van der Waals surface area contributed by atoms with Crippen molar-refractivity contribution in [1.82, 2.24) is 0 Å². The summed E-state index contributed by atoms with van der Waals surface area (Å²) in [6.45, 7) is 4.00. The van der Waals surface area contributed by atoms with Crippen LogP contribution < -0.4 is 19.4 Å². The van der Waals surface area contributed by atoms with Crippen LogP contribution in [0.4, 0.5) is 5.69 Å². The van der Waals surface area contributed by atoms with E-state index in [-0.39, 0.29) is 28.7 Å². The Morgan fingerprint density at radius 2 is 1.80 bits per heavy atom. The van der Waals surface area contributed by atoms with E-state index in [4.69, 9.17) is 18.9 Å². The van der Waals surface area contributed by atoms with Crippen molar-refractivity contribution < 1.29 is 39.0 Å². The summed E-state index contributed by atoms with van der Waals surface area (Å²) in [5, 5.41) is 22.4. The number of nitrogens with zero attached hydrogens (tertiary/aromatic N) is 1. The quantitative estimate of drug-likeness (QED) is 0.114. The summed E-state index contributed by atoms with van der Waals surface area (Å²) in [6.07, 6.45) is 9.50. The first-order valence-corrected chi connectivity index (χ1v) is 13.5. The molecule has 3 aromatic carbocycles. The molecule has 0 saturated carbocycles. The largest absolute Gasteiger partial charge is 0.496 e. The van der Waals surface area contributed by atoms with Gasteiger partial charge in [-0.15, -0.1) is 5.23 Å². The van der Waals surface area contributed by atoms with E-state index in [9.17, 15) is 20.0 Å². The number of ether oxygens (including phenoxy) is 4. The van der Waals surface area contributed by atoms with Crippen LogP contribution in [0.2, 0.25) is 0 Å². The zero-order valence-electron chi connectivity index (χ0n) is 23.3. The summed E-state index contributed by atoms with van der Waals surface area (Å²) in [4.78, 5) is 25.8. The Balaban J connectivity index is 1.65. The molecule has 2 N–H and O–H groups in total. The second-order valence-corrected chi connectivity index (χ2v) is 10.3. The lowest BCUT2D eigenvalue weighted by molar-refractivity contribution is -0.105. The Morgan fingerprint density at radius 1 is 1.02 bits per heavy atom. The van der Waals surface area contributed by atoms with Crippen molar-refractivity contribution in [2.45, 2.75) is 52.1 Å². The SMILES string of the molecule is COc1cccc2c1cc(N(O)O)c1c(C(=O)O[C@H]3/C=C(/C=O)CC/C=C(\C)CC/C=C(\C)C3)cc3c(c12)OCO3. The lowest BCUT2D eigenvalue weighted by Gasteiger charge is -2.21. The average Bonchev–Trinajstić information content (AvgIpc) is 3.43. The molecule has 1 heterocycles. The van der Waals surface area contributed by atoms with Gasteiger partial charge in [0.2, 0.25) is 6.79 Å². The minimum Gasteiger partial charge on any atom is -0.496 e. The van der Waals surface area contributed by atoms with Gasteiger partial charge in [0.05, 0.1) is 12.7 Å². The normalized spacial score (nSPS) is 21.4. The lowest BCUT2D eigenvalue weighted by atomic mass is 9.94. The molecule has 0 spiro atoms. The number of methoxy groups -OCH3 is 1. The second-order valence-electron chi connectivity index (χ2n) is 10.3. The molecule has 1 aliphatic carbocycles.